The molecule has 0 bridgehead atoms. The predicted molar refractivity (Wildman–Crippen MR) is 97.3 cm³/mol. The Morgan fingerprint density at radius 2 is 1.96 bits per heavy atom. The quantitative estimate of drug-likeness (QED) is 0.680. The van der Waals surface area contributed by atoms with E-state index < -0.39 is 11.7 Å². The van der Waals surface area contributed by atoms with Crippen molar-refractivity contribution in [1.29, 1.82) is 0 Å². The number of rotatable bonds is 2. The Balaban J connectivity index is 1.70. The molecule has 0 saturated carbocycles. The Labute approximate surface area is 151 Å². The average Bonchev–Trinajstić information content (AvgIpc) is 2.98. The van der Waals surface area contributed by atoms with E-state index in [1.807, 2.05) is 0 Å². The van der Waals surface area contributed by atoms with Crippen molar-refractivity contribution >= 4 is 33.7 Å². The highest BCUT2D eigenvalue weighted by Gasteiger charge is 2.30. The fourth-order valence-electron chi connectivity index (χ4n) is 3.25. The van der Waals surface area contributed by atoms with Gasteiger partial charge in [0.2, 0.25) is 0 Å². The van der Waals surface area contributed by atoms with Gasteiger partial charge in [-0.3, -0.25) is 4.79 Å². The molecule has 0 atom stereocenters. The molecular weight excluding hydrogens is 361 g/mol. The van der Waals surface area contributed by atoms with Gasteiger partial charge in [0.1, 0.15) is 10.7 Å². The molecule has 0 aliphatic heterocycles. The van der Waals surface area contributed by atoms with Crippen LogP contribution in [0.4, 0.5) is 13.2 Å². The molecule has 3 aromatic rings. The molecule has 4 rings (SSSR count). The van der Waals surface area contributed by atoms with E-state index in [1.165, 1.54) is 23.1 Å². The van der Waals surface area contributed by atoms with Crippen molar-refractivity contribution in [2.75, 3.05) is 0 Å². The van der Waals surface area contributed by atoms with Gasteiger partial charge in [0, 0.05) is 4.88 Å². The molecule has 3 nitrogen and oxygen atoms in total. The number of nitrogens with one attached hydrogen (secondary N) is 1. The lowest BCUT2D eigenvalue weighted by molar-refractivity contribution is -0.137. The van der Waals surface area contributed by atoms with E-state index >= 15 is 0 Å². The van der Waals surface area contributed by atoms with Gasteiger partial charge >= 0.3 is 6.18 Å². The van der Waals surface area contributed by atoms with Crippen LogP contribution < -0.4 is 5.56 Å². The maximum absolute atomic E-state index is 12.8. The number of nitrogens with zero attached hydrogens (tertiary/aromatic N) is 1. The summed E-state index contributed by atoms with van der Waals surface area (Å²) in [5, 5.41) is 0.668. The third-order valence-electron chi connectivity index (χ3n) is 4.49. The summed E-state index contributed by atoms with van der Waals surface area (Å²) in [5.41, 5.74) is 0.618. The maximum Gasteiger partial charge on any atom is 0.416 e. The topological polar surface area (TPSA) is 45.8 Å². The van der Waals surface area contributed by atoms with E-state index in [1.54, 1.807) is 17.4 Å². The first-order valence-electron chi connectivity index (χ1n) is 8.32. The third kappa shape index (κ3) is 3.19. The van der Waals surface area contributed by atoms with Crippen LogP contribution in [0.5, 0.6) is 0 Å². The highest BCUT2D eigenvalue weighted by atomic mass is 32.1. The van der Waals surface area contributed by atoms with Gasteiger partial charge in [-0.15, -0.1) is 11.3 Å². The van der Waals surface area contributed by atoms with Crippen molar-refractivity contribution in [2.24, 2.45) is 0 Å². The molecule has 1 aromatic carbocycles. The minimum Gasteiger partial charge on any atom is -0.306 e. The molecule has 2 heterocycles. The van der Waals surface area contributed by atoms with Crippen LogP contribution in [-0.4, -0.2) is 9.97 Å². The average molecular weight is 376 g/mol. The monoisotopic (exact) mass is 376 g/mol. The van der Waals surface area contributed by atoms with Crippen LogP contribution in [-0.2, 0) is 19.0 Å². The van der Waals surface area contributed by atoms with Crippen molar-refractivity contribution in [3.63, 3.8) is 0 Å². The SMILES string of the molecule is O=c1[nH]c(/C=C/c2cccc(C(F)(F)F)c2)nc2sc3c(c12)CCCC3. The van der Waals surface area contributed by atoms with Crippen LogP contribution in [0.15, 0.2) is 29.1 Å². The number of thiophene rings is 1. The number of halogens is 3. The summed E-state index contributed by atoms with van der Waals surface area (Å²) in [7, 11) is 0. The van der Waals surface area contributed by atoms with E-state index in [-0.39, 0.29) is 5.56 Å². The molecule has 0 spiro atoms. The lowest BCUT2D eigenvalue weighted by atomic mass is 9.97. The lowest BCUT2D eigenvalue weighted by Crippen LogP contribution is -2.11. The van der Waals surface area contributed by atoms with Crippen molar-refractivity contribution in [2.45, 2.75) is 31.9 Å². The second kappa shape index (κ2) is 6.39. The van der Waals surface area contributed by atoms with Crippen molar-refractivity contribution in [3.8, 4) is 0 Å². The first-order valence-corrected chi connectivity index (χ1v) is 9.13. The minimum absolute atomic E-state index is 0.182. The summed E-state index contributed by atoms with van der Waals surface area (Å²) in [4.78, 5) is 21.6. The normalized spacial score (nSPS) is 14.9. The van der Waals surface area contributed by atoms with E-state index in [0.29, 0.717) is 21.6 Å². The number of hydrogen-bond donors (Lipinski definition) is 1. The Bertz CT molecular complexity index is 1060. The largest absolute Gasteiger partial charge is 0.416 e. The van der Waals surface area contributed by atoms with Gasteiger partial charge < -0.3 is 4.98 Å². The predicted octanol–water partition coefficient (Wildman–Crippen LogP) is 5.05. The zero-order valence-electron chi connectivity index (χ0n) is 13.7. The molecule has 0 amide bonds. The Morgan fingerprint density at radius 1 is 1.15 bits per heavy atom. The fraction of sp³-hybridized carbons (Fsp3) is 0.263. The number of aryl methyl sites for hydroxylation is 2. The molecule has 2 aromatic heterocycles. The van der Waals surface area contributed by atoms with Crippen LogP contribution in [0.1, 0.15) is 40.2 Å². The second-order valence-electron chi connectivity index (χ2n) is 6.30. The molecule has 26 heavy (non-hydrogen) atoms. The van der Waals surface area contributed by atoms with Gasteiger partial charge in [-0.1, -0.05) is 18.2 Å². The number of aromatic amines is 1. The van der Waals surface area contributed by atoms with E-state index in [4.69, 9.17) is 0 Å². The van der Waals surface area contributed by atoms with E-state index in [9.17, 15) is 18.0 Å². The Kier molecular flexibility index (Phi) is 4.19. The number of aromatic nitrogens is 2. The van der Waals surface area contributed by atoms with Crippen LogP contribution in [0.2, 0.25) is 0 Å². The van der Waals surface area contributed by atoms with Gasteiger partial charge in [0.25, 0.3) is 5.56 Å². The fourth-order valence-corrected chi connectivity index (χ4v) is 4.52. The molecule has 0 saturated heterocycles. The summed E-state index contributed by atoms with van der Waals surface area (Å²) in [6, 6.07) is 5.03. The number of hydrogen-bond acceptors (Lipinski definition) is 3. The molecule has 0 radical (unpaired) electrons. The van der Waals surface area contributed by atoms with Gasteiger partial charge in [0.15, 0.2) is 0 Å². The Hall–Kier alpha value is -2.41. The first-order chi connectivity index (χ1) is 12.4. The third-order valence-corrected chi connectivity index (χ3v) is 5.68. The van der Waals surface area contributed by atoms with Crippen molar-refractivity contribution < 1.29 is 13.2 Å². The highest BCUT2D eigenvalue weighted by molar-refractivity contribution is 7.18. The van der Waals surface area contributed by atoms with Crippen LogP contribution in [0.3, 0.4) is 0 Å². The van der Waals surface area contributed by atoms with Gasteiger partial charge in [0.05, 0.1) is 10.9 Å². The zero-order valence-corrected chi connectivity index (χ0v) is 14.5. The molecular formula is C19H15F3N2OS. The summed E-state index contributed by atoms with van der Waals surface area (Å²) >= 11 is 1.54. The molecule has 1 aliphatic carbocycles. The molecule has 134 valence electrons. The first kappa shape index (κ1) is 17.0. The van der Waals surface area contributed by atoms with Gasteiger partial charge in [-0.2, -0.15) is 13.2 Å². The summed E-state index contributed by atoms with van der Waals surface area (Å²) < 4.78 is 38.4. The van der Waals surface area contributed by atoms with Gasteiger partial charge in [-0.25, -0.2) is 4.98 Å². The van der Waals surface area contributed by atoms with Crippen molar-refractivity contribution in [3.05, 3.63) is 62.0 Å². The molecule has 0 unspecified atom stereocenters. The number of benzene rings is 1. The molecule has 7 heteroatoms. The van der Waals surface area contributed by atoms with E-state index in [2.05, 4.69) is 9.97 Å². The summed E-state index contributed by atoms with van der Waals surface area (Å²) in [5.74, 6) is 0.346. The zero-order chi connectivity index (χ0) is 18.3. The summed E-state index contributed by atoms with van der Waals surface area (Å²) in [6.07, 6.45) is 2.76. The van der Waals surface area contributed by atoms with Crippen LogP contribution in [0, 0.1) is 0 Å². The summed E-state index contributed by atoms with van der Waals surface area (Å²) in [6.45, 7) is 0. The van der Waals surface area contributed by atoms with Crippen LogP contribution in [0.25, 0.3) is 22.4 Å². The van der Waals surface area contributed by atoms with Crippen molar-refractivity contribution in [1.82, 2.24) is 9.97 Å². The van der Waals surface area contributed by atoms with Gasteiger partial charge in [-0.05, 0) is 55.0 Å². The molecule has 1 N–H and O–H groups in total. The minimum atomic E-state index is -4.38. The number of alkyl halides is 3. The number of H-pyrrole nitrogens is 1. The maximum atomic E-state index is 12.8. The smallest absolute Gasteiger partial charge is 0.306 e. The Morgan fingerprint density at radius 3 is 2.77 bits per heavy atom. The highest BCUT2D eigenvalue weighted by Crippen LogP contribution is 2.33. The van der Waals surface area contributed by atoms with E-state index in [0.717, 1.165) is 43.4 Å². The number of fused-ring (bicyclic) bond motifs is 3. The standard InChI is InChI=1S/C19H15F3N2OS/c20-19(21,22)12-5-3-4-11(10-12)8-9-15-23-17(25)16-13-6-1-2-7-14(13)26-18(16)24-15/h3-5,8-10H,1-2,6-7H2,(H,23,24,25)/b9-8+. The molecule has 0 fully saturated rings. The lowest BCUT2D eigenvalue weighted by Gasteiger charge is -2.09. The molecule has 1 aliphatic rings. The second-order valence-corrected chi connectivity index (χ2v) is 7.38. The van der Waals surface area contributed by atoms with Crippen LogP contribution >= 0.6 is 11.3 Å².